The predicted octanol–water partition coefficient (Wildman–Crippen LogP) is 3.77. The number of nitrogens with zero attached hydrogens (tertiary/aromatic N) is 1. The Morgan fingerprint density at radius 2 is 1.92 bits per heavy atom. The number of methoxy groups -OCH3 is 2. The van der Waals surface area contributed by atoms with Crippen molar-refractivity contribution in [1.29, 1.82) is 0 Å². The highest BCUT2D eigenvalue weighted by Crippen LogP contribution is 2.27. The molecular weight excluding hydrogens is 406 g/mol. The van der Waals surface area contributed by atoms with E-state index in [0.717, 1.165) is 22.0 Å². The zero-order valence-corrected chi connectivity index (χ0v) is 16.5. The Morgan fingerprint density at radius 3 is 2.60 bits per heavy atom. The number of benzene rings is 2. The van der Waals surface area contributed by atoms with Gasteiger partial charge in [-0.05, 0) is 41.8 Å². The molecule has 2 aromatic rings. The molecule has 0 unspecified atom stereocenters. The molecule has 0 aromatic heterocycles. The Kier molecular flexibility index (Phi) is 7.40. The number of guanidine groups is 1. The lowest BCUT2D eigenvalue weighted by Gasteiger charge is -2.10. The van der Waals surface area contributed by atoms with Crippen LogP contribution in [0, 0.1) is 0 Å². The molecule has 7 heteroatoms. The molecule has 0 spiro atoms. The van der Waals surface area contributed by atoms with Gasteiger partial charge in [0.2, 0.25) is 0 Å². The van der Waals surface area contributed by atoms with E-state index in [4.69, 9.17) is 26.8 Å². The minimum atomic E-state index is 0.388. The maximum Gasteiger partial charge on any atom is 0.188 e. The van der Waals surface area contributed by atoms with Crippen LogP contribution >= 0.6 is 27.5 Å². The van der Waals surface area contributed by atoms with Gasteiger partial charge in [0.15, 0.2) is 17.5 Å². The Bertz CT molecular complexity index is 753. The van der Waals surface area contributed by atoms with Gasteiger partial charge in [0.1, 0.15) is 0 Å². The van der Waals surface area contributed by atoms with Crippen LogP contribution < -0.4 is 20.5 Å². The second-order valence-electron chi connectivity index (χ2n) is 5.30. The quantitative estimate of drug-likeness (QED) is 0.522. The Hall–Kier alpha value is -1.92. The van der Waals surface area contributed by atoms with Crippen molar-refractivity contribution in [2.75, 3.05) is 20.8 Å². The molecule has 134 valence electrons. The van der Waals surface area contributed by atoms with Crippen molar-refractivity contribution in [3.63, 3.8) is 0 Å². The molecule has 0 atom stereocenters. The van der Waals surface area contributed by atoms with Gasteiger partial charge in [-0.2, -0.15) is 0 Å². The van der Waals surface area contributed by atoms with Crippen molar-refractivity contribution in [2.45, 2.75) is 13.0 Å². The van der Waals surface area contributed by atoms with E-state index in [9.17, 15) is 0 Å². The van der Waals surface area contributed by atoms with Gasteiger partial charge in [-0.15, -0.1) is 0 Å². The number of rotatable bonds is 7. The maximum absolute atomic E-state index is 6.17. The predicted molar refractivity (Wildman–Crippen MR) is 106 cm³/mol. The van der Waals surface area contributed by atoms with E-state index in [-0.39, 0.29) is 0 Å². The molecule has 0 radical (unpaired) electrons. The fraction of sp³-hybridized carbons (Fsp3) is 0.278. The highest BCUT2D eigenvalue weighted by atomic mass is 79.9. The summed E-state index contributed by atoms with van der Waals surface area (Å²) >= 11 is 9.55. The van der Waals surface area contributed by atoms with E-state index in [1.807, 2.05) is 36.4 Å². The normalized spacial score (nSPS) is 11.3. The van der Waals surface area contributed by atoms with Gasteiger partial charge < -0.3 is 20.5 Å². The monoisotopic (exact) mass is 425 g/mol. The molecule has 2 aromatic carbocycles. The maximum atomic E-state index is 6.17. The molecule has 0 saturated heterocycles. The molecule has 0 fully saturated rings. The van der Waals surface area contributed by atoms with E-state index in [2.05, 4.69) is 26.2 Å². The fourth-order valence-corrected chi connectivity index (χ4v) is 2.98. The lowest BCUT2D eigenvalue weighted by atomic mass is 10.1. The van der Waals surface area contributed by atoms with E-state index in [1.54, 1.807) is 14.2 Å². The smallest absolute Gasteiger partial charge is 0.188 e. The molecule has 0 heterocycles. The van der Waals surface area contributed by atoms with Crippen molar-refractivity contribution in [3.05, 3.63) is 57.0 Å². The molecule has 25 heavy (non-hydrogen) atoms. The van der Waals surface area contributed by atoms with E-state index >= 15 is 0 Å². The summed E-state index contributed by atoms with van der Waals surface area (Å²) in [6.07, 6.45) is 0.787. The lowest BCUT2D eigenvalue weighted by molar-refractivity contribution is 0.354. The van der Waals surface area contributed by atoms with Crippen LogP contribution in [0.3, 0.4) is 0 Å². The molecular formula is C18H21BrClN3O2. The van der Waals surface area contributed by atoms with Gasteiger partial charge in [-0.1, -0.05) is 39.7 Å². The number of ether oxygens (including phenoxy) is 2. The summed E-state index contributed by atoms with van der Waals surface area (Å²) in [7, 11) is 3.24. The molecule has 0 amide bonds. The molecule has 0 aliphatic rings. The lowest BCUT2D eigenvalue weighted by Crippen LogP contribution is -2.33. The Morgan fingerprint density at radius 1 is 1.16 bits per heavy atom. The van der Waals surface area contributed by atoms with Crippen LogP contribution in [0.2, 0.25) is 5.02 Å². The summed E-state index contributed by atoms with van der Waals surface area (Å²) in [5.74, 6) is 1.82. The zero-order valence-electron chi connectivity index (χ0n) is 14.2. The number of nitrogens with one attached hydrogen (secondary N) is 1. The van der Waals surface area contributed by atoms with Crippen molar-refractivity contribution >= 4 is 33.5 Å². The zero-order chi connectivity index (χ0) is 18.2. The Balaban J connectivity index is 1.86. The van der Waals surface area contributed by atoms with Crippen LogP contribution in [-0.2, 0) is 13.0 Å². The first-order valence-electron chi connectivity index (χ1n) is 7.72. The summed E-state index contributed by atoms with van der Waals surface area (Å²) in [6, 6.07) is 11.5. The van der Waals surface area contributed by atoms with Crippen LogP contribution in [0.5, 0.6) is 11.5 Å². The molecule has 5 nitrogen and oxygen atoms in total. The van der Waals surface area contributed by atoms with Gasteiger partial charge in [-0.3, -0.25) is 0 Å². The molecule has 0 aliphatic carbocycles. The van der Waals surface area contributed by atoms with Crippen molar-refractivity contribution in [3.8, 4) is 11.5 Å². The van der Waals surface area contributed by atoms with E-state index in [1.165, 1.54) is 0 Å². The highest BCUT2D eigenvalue weighted by molar-refractivity contribution is 9.10. The first-order valence-corrected chi connectivity index (χ1v) is 8.89. The highest BCUT2D eigenvalue weighted by Gasteiger charge is 2.05. The third kappa shape index (κ3) is 5.83. The fourth-order valence-electron chi connectivity index (χ4n) is 2.25. The van der Waals surface area contributed by atoms with Crippen LogP contribution in [0.25, 0.3) is 0 Å². The summed E-state index contributed by atoms with van der Waals surface area (Å²) in [6.45, 7) is 1.10. The number of hydrogen-bond acceptors (Lipinski definition) is 3. The first-order chi connectivity index (χ1) is 12.0. The second kappa shape index (κ2) is 9.53. The van der Waals surface area contributed by atoms with Gasteiger partial charge in [0, 0.05) is 16.0 Å². The SMILES string of the molecule is COc1ccc(CCNC(N)=NCc2ccc(Br)cc2Cl)cc1OC. The van der Waals surface area contributed by atoms with E-state index in [0.29, 0.717) is 35.6 Å². The topological polar surface area (TPSA) is 68.9 Å². The summed E-state index contributed by atoms with van der Waals surface area (Å²) in [4.78, 5) is 4.32. The van der Waals surface area contributed by atoms with Crippen molar-refractivity contribution in [1.82, 2.24) is 5.32 Å². The van der Waals surface area contributed by atoms with Gasteiger partial charge in [0.25, 0.3) is 0 Å². The second-order valence-corrected chi connectivity index (χ2v) is 6.63. The summed E-state index contributed by atoms with van der Waals surface area (Å²) in [5, 5.41) is 3.76. The standard InChI is InChI=1S/C18H21BrClN3O2/c1-24-16-6-3-12(9-17(16)25-2)7-8-22-18(21)23-11-13-4-5-14(19)10-15(13)20/h3-6,9-10H,7-8,11H2,1-2H3,(H3,21,22,23). The van der Waals surface area contributed by atoms with Crippen LogP contribution in [-0.4, -0.2) is 26.7 Å². The third-order valence-corrected chi connectivity index (χ3v) is 4.45. The first kappa shape index (κ1) is 19.4. The molecule has 2 rings (SSSR count). The van der Waals surface area contributed by atoms with Crippen LogP contribution in [0.4, 0.5) is 0 Å². The minimum absolute atomic E-state index is 0.388. The van der Waals surface area contributed by atoms with E-state index < -0.39 is 0 Å². The minimum Gasteiger partial charge on any atom is -0.493 e. The van der Waals surface area contributed by atoms with Gasteiger partial charge >= 0.3 is 0 Å². The number of hydrogen-bond donors (Lipinski definition) is 2. The Labute approximate surface area is 161 Å². The summed E-state index contributed by atoms with van der Waals surface area (Å²) < 4.78 is 11.5. The average Bonchev–Trinajstić information content (AvgIpc) is 2.60. The van der Waals surface area contributed by atoms with Crippen LogP contribution in [0.1, 0.15) is 11.1 Å². The average molecular weight is 427 g/mol. The van der Waals surface area contributed by atoms with Crippen LogP contribution in [0.15, 0.2) is 45.9 Å². The van der Waals surface area contributed by atoms with Gasteiger partial charge in [-0.25, -0.2) is 4.99 Å². The molecule has 0 bridgehead atoms. The van der Waals surface area contributed by atoms with Crippen molar-refractivity contribution < 1.29 is 9.47 Å². The molecule has 0 saturated carbocycles. The number of halogens is 2. The molecule has 3 N–H and O–H groups in total. The van der Waals surface area contributed by atoms with Crippen molar-refractivity contribution in [2.24, 2.45) is 10.7 Å². The number of nitrogens with two attached hydrogens (primary N) is 1. The number of aliphatic imine (C=N–C) groups is 1. The largest absolute Gasteiger partial charge is 0.493 e. The molecule has 0 aliphatic heterocycles. The summed E-state index contributed by atoms with van der Waals surface area (Å²) in [5.41, 5.74) is 7.95. The third-order valence-electron chi connectivity index (χ3n) is 3.60. The van der Waals surface area contributed by atoms with Gasteiger partial charge in [0.05, 0.1) is 20.8 Å².